The van der Waals surface area contributed by atoms with E-state index in [4.69, 9.17) is 11.6 Å². The highest BCUT2D eigenvalue weighted by atomic mass is 35.5. The molecule has 0 unspecified atom stereocenters. The topological polar surface area (TPSA) is 46.1 Å². The molecule has 0 bridgehead atoms. The lowest BCUT2D eigenvalue weighted by Crippen LogP contribution is -2.36. The maximum Gasteiger partial charge on any atom is 0.229 e. The van der Waals surface area contributed by atoms with Crippen molar-refractivity contribution in [1.29, 1.82) is 0 Å². The van der Waals surface area contributed by atoms with Gasteiger partial charge in [0.1, 0.15) is 5.01 Å². The highest BCUT2D eigenvalue weighted by Crippen LogP contribution is 2.30. The maximum absolute atomic E-state index is 12.4. The largest absolute Gasteiger partial charge is 0.284 e. The molecule has 0 saturated heterocycles. The van der Waals surface area contributed by atoms with E-state index in [1.807, 2.05) is 38.1 Å². The van der Waals surface area contributed by atoms with Gasteiger partial charge in [-0.25, -0.2) is 0 Å². The zero-order chi connectivity index (χ0) is 16.1. The molecule has 2 aromatic rings. The summed E-state index contributed by atoms with van der Waals surface area (Å²) in [6, 6.07) is 7.53. The van der Waals surface area contributed by atoms with Crippen LogP contribution in [0.1, 0.15) is 40.0 Å². The van der Waals surface area contributed by atoms with E-state index in [0.717, 1.165) is 23.4 Å². The standard InChI is InChI=1S/C16H20ClN3OS/c1-4-5-6-14(21)20(11(2)3)16-19-18-15(22-16)12-7-9-13(17)10-8-12/h7-11H,4-6H2,1-3H3. The number of benzene rings is 1. The monoisotopic (exact) mass is 337 g/mol. The molecule has 0 radical (unpaired) electrons. The van der Waals surface area contributed by atoms with Gasteiger partial charge in [0.15, 0.2) is 0 Å². The number of carbonyl (C=O) groups excluding carboxylic acids is 1. The molecule has 0 atom stereocenters. The molecule has 1 aromatic carbocycles. The number of anilines is 1. The van der Waals surface area contributed by atoms with Gasteiger partial charge in [0.25, 0.3) is 0 Å². The van der Waals surface area contributed by atoms with Gasteiger partial charge in [0, 0.05) is 23.0 Å². The molecular formula is C16H20ClN3OS. The normalized spacial score (nSPS) is 11.0. The number of hydrogen-bond donors (Lipinski definition) is 0. The lowest BCUT2D eigenvalue weighted by molar-refractivity contribution is -0.119. The molecule has 2 rings (SSSR count). The summed E-state index contributed by atoms with van der Waals surface area (Å²) in [5.41, 5.74) is 0.956. The van der Waals surface area contributed by atoms with Crippen LogP contribution in [0.2, 0.25) is 5.02 Å². The van der Waals surface area contributed by atoms with E-state index in [1.54, 1.807) is 4.90 Å². The van der Waals surface area contributed by atoms with Crippen LogP contribution in [-0.2, 0) is 4.79 Å². The van der Waals surface area contributed by atoms with Gasteiger partial charge < -0.3 is 0 Å². The maximum atomic E-state index is 12.4. The second-order valence-electron chi connectivity index (χ2n) is 5.36. The van der Waals surface area contributed by atoms with Crippen LogP contribution in [0, 0.1) is 0 Å². The van der Waals surface area contributed by atoms with Gasteiger partial charge in [-0.1, -0.05) is 48.4 Å². The minimum atomic E-state index is 0.0652. The Kier molecular flexibility index (Phi) is 5.91. The predicted octanol–water partition coefficient (Wildman–Crippen LogP) is 4.79. The van der Waals surface area contributed by atoms with E-state index >= 15 is 0 Å². The molecule has 0 aliphatic heterocycles. The van der Waals surface area contributed by atoms with Crippen molar-refractivity contribution in [3.05, 3.63) is 29.3 Å². The molecule has 0 aliphatic rings. The summed E-state index contributed by atoms with van der Waals surface area (Å²) in [7, 11) is 0. The third-order valence-corrected chi connectivity index (χ3v) is 4.46. The second-order valence-corrected chi connectivity index (χ2v) is 6.75. The Bertz CT molecular complexity index is 625. The first kappa shape index (κ1) is 16.9. The molecule has 0 spiro atoms. The van der Waals surface area contributed by atoms with Crippen molar-refractivity contribution in [2.24, 2.45) is 0 Å². The Morgan fingerprint density at radius 3 is 2.55 bits per heavy atom. The average molecular weight is 338 g/mol. The van der Waals surface area contributed by atoms with Crippen LogP contribution in [0.4, 0.5) is 5.13 Å². The SMILES string of the molecule is CCCCC(=O)N(c1nnc(-c2ccc(Cl)cc2)s1)C(C)C. The van der Waals surface area contributed by atoms with Crippen LogP contribution in [0.3, 0.4) is 0 Å². The Hall–Kier alpha value is -1.46. The van der Waals surface area contributed by atoms with Gasteiger partial charge in [-0.05, 0) is 32.4 Å². The number of rotatable bonds is 6. The highest BCUT2D eigenvalue weighted by molar-refractivity contribution is 7.18. The number of unbranched alkanes of at least 4 members (excludes halogenated alkanes) is 1. The van der Waals surface area contributed by atoms with Crippen molar-refractivity contribution in [3.63, 3.8) is 0 Å². The molecule has 0 N–H and O–H groups in total. The van der Waals surface area contributed by atoms with Crippen molar-refractivity contribution in [1.82, 2.24) is 10.2 Å². The van der Waals surface area contributed by atoms with Crippen LogP contribution in [0.25, 0.3) is 10.6 Å². The second kappa shape index (κ2) is 7.70. The fraction of sp³-hybridized carbons (Fsp3) is 0.438. The van der Waals surface area contributed by atoms with Crippen LogP contribution in [0.5, 0.6) is 0 Å². The van der Waals surface area contributed by atoms with Crippen LogP contribution < -0.4 is 4.90 Å². The molecule has 0 aliphatic carbocycles. The van der Waals surface area contributed by atoms with E-state index in [9.17, 15) is 4.79 Å². The lowest BCUT2D eigenvalue weighted by Gasteiger charge is -2.23. The minimum absolute atomic E-state index is 0.0652. The Labute approximate surface area is 140 Å². The highest BCUT2D eigenvalue weighted by Gasteiger charge is 2.22. The van der Waals surface area contributed by atoms with Crippen molar-refractivity contribution < 1.29 is 4.79 Å². The molecule has 1 aromatic heterocycles. The number of hydrogen-bond acceptors (Lipinski definition) is 4. The molecule has 6 heteroatoms. The molecule has 118 valence electrons. The lowest BCUT2D eigenvalue weighted by atomic mass is 10.2. The van der Waals surface area contributed by atoms with Gasteiger partial charge in [-0.15, -0.1) is 10.2 Å². The molecule has 0 saturated carbocycles. The first-order chi connectivity index (χ1) is 10.5. The molecule has 22 heavy (non-hydrogen) atoms. The van der Waals surface area contributed by atoms with E-state index in [-0.39, 0.29) is 11.9 Å². The fourth-order valence-electron chi connectivity index (χ4n) is 2.09. The molecular weight excluding hydrogens is 318 g/mol. The number of nitrogens with zero attached hydrogens (tertiary/aromatic N) is 3. The summed E-state index contributed by atoms with van der Waals surface area (Å²) in [5.74, 6) is 0.107. The smallest absolute Gasteiger partial charge is 0.229 e. The van der Waals surface area contributed by atoms with Crippen molar-refractivity contribution >= 4 is 34.0 Å². The van der Waals surface area contributed by atoms with E-state index in [2.05, 4.69) is 17.1 Å². The summed E-state index contributed by atoms with van der Waals surface area (Å²) in [6.07, 6.45) is 2.44. The van der Waals surface area contributed by atoms with Gasteiger partial charge in [0.2, 0.25) is 11.0 Å². The first-order valence-electron chi connectivity index (χ1n) is 7.44. The van der Waals surface area contributed by atoms with Crippen LogP contribution in [-0.4, -0.2) is 22.1 Å². The summed E-state index contributed by atoms with van der Waals surface area (Å²) in [5, 5.41) is 10.6. The van der Waals surface area contributed by atoms with Gasteiger partial charge in [-0.3, -0.25) is 9.69 Å². The third kappa shape index (κ3) is 4.05. The third-order valence-electron chi connectivity index (χ3n) is 3.24. The van der Waals surface area contributed by atoms with Crippen LogP contribution >= 0.6 is 22.9 Å². The van der Waals surface area contributed by atoms with Crippen LogP contribution in [0.15, 0.2) is 24.3 Å². The van der Waals surface area contributed by atoms with E-state index in [1.165, 1.54) is 11.3 Å². The number of aromatic nitrogens is 2. The van der Waals surface area contributed by atoms with Gasteiger partial charge in [-0.2, -0.15) is 0 Å². The molecule has 1 heterocycles. The quantitative estimate of drug-likeness (QED) is 0.761. The minimum Gasteiger partial charge on any atom is -0.284 e. The van der Waals surface area contributed by atoms with Crippen molar-refractivity contribution in [2.45, 2.75) is 46.1 Å². The Morgan fingerprint density at radius 1 is 1.27 bits per heavy atom. The van der Waals surface area contributed by atoms with Crippen molar-refractivity contribution in [3.8, 4) is 10.6 Å². The molecule has 1 amide bonds. The predicted molar refractivity (Wildman–Crippen MR) is 92.5 cm³/mol. The van der Waals surface area contributed by atoms with Crippen molar-refractivity contribution in [2.75, 3.05) is 4.90 Å². The zero-order valence-electron chi connectivity index (χ0n) is 13.0. The average Bonchev–Trinajstić information content (AvgIpc) is 2.95. The summed E-state index contributed by atoms with van der Waals surface area (Å²) < 4.78 is 0. The molecule has 0 fully saturated rings. The number of amides is 1. The summed E-state index contributed by atoms with van der Waals surface area (Å²) in [6.45, 7) is 6.07. The zero-order valence-corrected chi connectivity index (χ0v) is 14.6. The fourth-order valence-corrected chi connectivity index (χ4v) is 3.21. The van der Waals surface area contributed by atoms with Gasteiger partial charge in [0.05, 0.1) is 0 Å². The number of halogens is 1. The van der Waals surface area contributed by atoms with Gasteiger partial charge >= 0.3 is 0 Å². The summed E-state index contributed by atoms with van der Waals surface area (Å²) in [4.78, 5) is 14.1. The summed E-state index contributed by atoms with van der Waals surface area (Å²) >= 11 is 7.33. The Morgan fingerprint density at radius 2 is 1.95 bits per heavy atom. The number of carbonyl (C=O) groups is 1. The van der Waals surface area contributed by atoms with E-state index in [0.29, 0.717) is 16.6 Å². The Balaban J connectivity index is 2.23. The first-order valence-corrected chi connectivity index (χ1v) is 8.64. The molecule has 4 nitrogen and oxygen atoms in total. The van der Waals surface area contributed by atoms with E-state index < -0.39 is 0 Å².